The van der Waals surface area contributed by atoms with Crippen LogP contribution in [0.4, 0.5) is 0 Å². The second kappa shape index (κ2) is 6.56. The Bertz CT molecular complexity index is 584. The van der Waals surface area contributed by atoms with E-state index in [-0.39, 0.29) is 0 Å². The van der Waals surface area contributed by atoms with E-state index >= 15 is 0 Å². The van der Waals surface area contributed by atoms with Crippen molar-refractivity contribution in [3.05, 3.63) is 35.2 Å². The predicted molar refractivity (Wildman–Crippen MR) is 82.1 cm³/mol. The largest absolute Gasteiger partial charge is 0.419 e. The summed E-state index contributed by atoms with van der Waals surface area (Å²) in [4.78, 5) is 2.36. The summed E-state index contributed by atoms with van der Waals surface area (Å²) in [5, 5.41) is 12.2. The Morgan fingerprint density at radius 1 is 1.33 bits per heavy atom. The van der Waals surface area contributed by atoms with Gasteiger partial charge >= 0.3 is 0 Å². The molecular weight excluding hydrogens is 288 g/mol. The standard InChI is InChI=1S/C15H19ClN4O/c1-17-8-11-6-7-20(9-11)10-14-18-19-15(21-14)12-2-4-13(16)5-3-12/h2-5,11,17H,6-10H2,1H3. The molecule has 3 rings (SSSR count). The molecule has 2 aromatic rings. The number of benzene rings is 1. The Hall–Kier alpha value is -1.43. The van der Waals surface area contributed by atoms with Crippen molar-refractivity contribution in [1.29, 1.82) is 0 Å². The van der Waals surface area contributed by atoms with Gasteiger partial charge in [-0.05, 0) is 56.7 Å². The normalized spacial score (nSPS) is 19.2. The topological polar surface area (TPSA) is 54.2 Å². The van der Waals surface area contributed by atoms with Gasteiger partial charge in [-0.1, -0.05) is 11.6 Å². The Balaban J connectivity index is 1.62. The maximum absolute atomic E-state index is 5.88. The SMILES string of the molecule is CNCC1CCN(Cc2nnc(-c3ccc(Cl)cc3)o2)C1. The van der Waals surface area contributed by atoms with Gasteiger partial charge < -0.3 is 9.73 Å². The Morgan fingerprint density at radius 3 is 2.90 bits per heavy atom. The lowest BCUT2D eigenvalue weighted by Gasteiger charge is -2.13. The molecule has 0 spiro atoms. The van der Waals surface area contributed by atoms with Crippen LogP contribution in [0.15, 0.2) is 28.7 Å². The molecule has 1 aromatic carbocycles. The molecule has 6 heteroatoms. The number of hydrogen-bond donors (Lipinski definition) is 1. The summed E-state index contributed by atoms with van der Waals surface area (Å²) >= 11 is 5.88. The molecule has 1 atom stereocenters. The van der Waals surface area contributed by atoms with Crippen molar-refractivity contribution in [2.75, 3.05) is 26.7 Å². The van der Waals surface area contributed by atoms with Crippen LogP contribution in [0.3, 0.4) is 0 Å². The second-order valence-corrected chi connectivity index (χ2v) is 5.89. The predicted octanol–water partition coefficient (Wildman–Crippen LogP) is 2.43. The van der Waals surface area contributed by atoms with Gasteiger partial charge in [-0.2, -0.15) is 0 Å². The molecule has 0 saturated carbocycles. The fourth-order valence-electron chi connectivity index (χ4n) is 2.73. The van der Waals surface area contributed by atoms with Crippen LogP contribution in [0.25, 0.3) is 11.5 Å². The number of nitrogens with zero attached hydrogens (tertiary/aromatic N) is 3. The van der Waals surface area contributed by atoms with E-state index in [1.165, 1.54) is 6.42 Å². The summed E-state index contributed by atoms with van der Waals surface area (Å²) in [7, 11) is 2.00. The molecule has 1 unspecified atom stereocenters. The van der Waals surface area contributed by atoms with Gasteiger partial charge in [0.05, 0.1) is 6.54 Å². The van der Waals surface area contributed by atoms with Crippen LogP contribution in [0.5, 0.6) is 0 Å². The summed E-state index contributed by atoms with van der Waals surface area (Å²) in [6.45, 7) is 3.96. The molecule has 1 saturated heterocycles. The zero-order chi connectivity index (χ0) is 14.7. The van der Waals surface area contributed by atoms with Crippen LogP contribution in [0.1, 0.15) is 12.3 Å². The lowest BCUT2D eigenvalue weighted by atomic mass is 10.1. The zero-order valence-corrected chi connectivity index (χ0v) is 12.8. The average molecular weight is 307 g/mol. The molecule has 0 radical (unpaired) electrons. The van der Waals surface area contributed by atoms with E-state index in [0.29, 0.717) is 22.7 Å². The van der Waals surface area contributed by atoms with Gasteiger partial charge in [0.25, 0.3) is 0 Å². The Labute approximate surface area is 129 Å². The van der Waals surface area contributed by atoms with Gasteiger partial charge in [0.1, 0.15) is 0 Å². The van der Waals surface area contributed by atoms with Crippen LogP contribution in [0, 0.1) is 5.92 Å². The number of nitrogens with one attached hydrogen (secondary N) is 1. The van der Waals surface area contributed by atoms with Crippen LogP contribution < -0.4 is 5.32 Å². The van der Waals surface area contributed by atoms with E-state index < -0.39 is 0 Å². The molecule has 1 fully saturated rings. The molecule has 112 valence electrons. The summed E-state index contributed by atoms with van der Waals surface area (Å²) in [5.74, 6) is 1.94. The van der Waals surface area contributed by atoms with Gasteiger partial charge in [0, 0.05) is 17.1 Å². The number of likely N-dealkylation sites (tertiary alicyclic amines) is 1. The van der Waals surface area contributed by atoms with E-state index in [0.717, 1.165) is 31.7 Å². The highest BCUT2D eigenvalue weighted by Gasteiger charge is 2.23. The van der Waals surface area contributed by atoms with E-state index in [9.17, 15) is 0 Å². The number of aromatic nitrogens is 2. The van der Waals surface area contributed by atoms with Crippen molar-refractivity contribution in [1.82, 2.24) is 20.4 Å². The first-order valence-electron chi connectivity index (χ1n) is 7.20. The number of halogens is 1. The maximum atomic E-state index is 5.88. The van der Waals surface area contributed by atoms with Gasteiger partial charge in [-0.3, -0.25) is 4.90 Å². The molecule has 0 aliphatic carbocycles. The molecule has 0 amide bonds. The van der Waals surface area contributed by atoms with Crippen LogP contribution >= 0.6 is 11.6 Å². The highest BCUT2D eigenvalue weighted by atomic mass is 35.5. The minimum absolute atomic E-state index is 0.549. The minimum Gasteiger partial charge on any atom is -0.419 e. The summed E-state index contributed by atoms with van der Waals surface area (Å²) in [5.41, 5.74) is 0.896. The number of rotatable bonds is 5. The summed E-state index contributed by atoms with van der Waals surface area (Å²) < 4.78 is 5.74. The monoisotopic (exact) mass is 306 g/mol. The van der Waals surface area contributed by atoms with Crippen molar-refractivity contribution in [3.63, 3.8) is 0 Å². The molecule has 1 N–H and O–H groups in total. The Kier molecular flexibility index (Phi) is 4.53. The smallest absolute Gasteiger partial charge is 0.247 e. The minimum atomic E-state index is 0.549. The molecule has 1 aliphatic rings. The maximum Gasteiger partial charge on any atom is 0.247 e. The Morgan fingerprint density at radius 2 is 2.14 bits per heavy atom. The molecule has 0 bridgehead atoms. The summed E-state index contributed by atoms with van der Waals surface area (Å²) in [6, 6.07) is 7.42. The first-order chi connectivity index (χ1) is 10.2. The van der Waals surface area contributed by atoms with E-state index in [2.05, 4.69) is 20.4 Å². The average Bonchev–Trinajstić information content (AvgIpc) is 3.11. The highest BCUT2D eigenvalue weighted by Crippen LogP contribution is 2.22. The van der Waals surface area contributed by atoms with Gasteiger partial charge in [0.15, 0.2) is 0 Å². The van der Waals surface area contributed by atoms with Gasteiger partial charge in [-0.25, -0.2) is 0 Å². The van der Waals surface area contributed by atoms with E-state index in [1.807, 2.05) is 31.3 Å². The quantitative estimate of drug-likeness (QED) is 0.919. The van der Waals surface area contributed by atoms with Crippen molar-refractivity contribution < 1.29 is 4.42 Å². The first-order valence-corrected chi connectivity index (χ1v) is 7.57. The second-order valence-electron chi connectivity index (χ2n) is 5.46. The molecule has 1 aromatic heterocycles. The van der Waals surface area contributed by atoms with Crippen molar-refractivity contribution >= 4 is 11.6 Å². The lowest BCUT2D eigenvalue weighted by Crippen LogP contribution is -2.24. The van der Waals surface area contributed by atoms with Crippen molar-refractivity contribution in [2.24, 2.45) is 5.92 Å². The van der Waals surface area contributed by atoms with Crippen LogP contribution in [-0.2, 0) is 6.54 Å². The third-order valence-corrected chi connectivity index (χ3v) is 4.03. The van der Waals surface area contributed by atoms with Crippen LogP contribution in [0.2, 0.25) is 5.02 Å². The van der Waals surface area contributed by atoms with Crippen molar-refractivity contribution in [3.8, 4) is 11.5 Å². The fourth-order valence-corrected chi connectivity index (χ4v) is 2.86. The third kappa shape index (κ3) is 3.61. The first kappa shape index (κ1) is 14.5. The molecule has 21 heavy (non-hydrogen) atoms. The molecular formula is C15H19ClN4O. The van der Waals surface area contributed by atoms with Gasteiger partial charge in [0.2, 0.25) is 11.8 Å². The number of hydrogen-bond acceptors (Lipinski definition) is 5. The molecule has 2 heterocycles. The fraction of sp³-hybridized carbons (Fsp3) is 0.467. The van der Waals surface area contributed by atoms with E-state index in [4.69, 9.17) is 16.0 Å². The van der Waals surface area contributed by atoms with Crippen molar-refractivity contribution in [2.45, 2.75) is 13.0 Å². The molecule has 1 aliphatic heterocycles. The van der Waals surface area contributed by atoms with E-state index in [1.54, 1.807) is 0 Å². The van der Waals surface area contributed by atoms with Crippen LogP contribution in [-0.4, -0.2) is 41.8 Å². The highest BCUT2D eigenvalue weighted by molar-refractivity contribution is 6.30. The third-order valence-electron chi connectivity index (χ3n) is 3.78. The molecule has 5 nitrogen and oxygen atoms in total. The zero-order valence-electron chi connectivity index (χ0n) is 12.1. The summed E-state index contributed by atoms with van der Waals surface area (Å²) in [6.07, 6.45) is 1.22. The van der Waals surface area contributed by atoms with Gasteiger partial charge in [-0.15, -0.1) is 10.2 Å². The lowest BCUT2D eigenvalue weighted by molar-refractivity contribution is 0.281.